The minimum atomic E-state index is -0.256. The van der Waals surface area contributed by atoms with Crippen LogP contribution in [0.1, 0.15) is 40.2 Å². The van der Waals surface area contributed by atoms with Crippen LogP contribution in [0, 0.1) is 6.92 Å². The number of Topliss-reactive ketones (excluding diaryl/α,β-unsaturated/α-hetero) is 2. The van der Waals surface area contributed by atoms with Crippen molar-refractivity contribution in [3.05, 3.63) is 52.3 Å². The van der Waals surface area contributed by atoms with E-state index in [1.165, 1.54) is 11.3 Å². The molecule has 2 aromatic heterocycles. The first-order chi connectivity index (χ1) is 14.0. The van der Waals surface area contributed by atoms with Crippen LogP contribution >= 0.6 is 11.3 Å². The number of carbonyl (C=O) groups excluding carboxylic acids is 3. The lowest BCUT2D eigenvalue weighted by Gasteiger charge is -2.11. The van der Waals surface area contributed by atoms with Gasteiger partial charge in [-0.2, -0.15) is 0 Å². The smallest absolute Gasteiger partial charge is 0.224 e. The second-order valence-electron chi connectivity index (χ2n) is 6.64. The minimum Gasteiger partial charge on any atom is -0.494 e. The molecule has 7 heteroatoms. The van der Waals surface area contributed by atoms with Gasteiger partial charge in [0.05, 0.1) is 17.7 Å². The van der Waals surface area contributed by atoms with E-state index in [4.69, 9.17) is 4.74 Å². The normalized spacial score (nSPS) is 10.7. The number of amides is 1. The maximum Gasteiger partial charge on any atom is 0.224 e. The van der Waals surface area contributed by atoms with Crippen LogP contribution in [0.5, 0.6) is 5.75 Å². The third kappa shape index (κ3) is 5.26. The summed E-state index contributed by atoms with van der Waals surface area (Å²) < 4.78 is 5.30. The first-order valence-corrected chi connectivity index (χ1v) is 10.1. The lowest BCUT2D eigenvalue weighted by molar-refractivity contribution is -0.122. The quantitative estimate of drug-likeness (QED) is 0.523. The third-order valence-electron chi connectivity index (χ3n) is 4.50. The monoisotopic (exact) mass is 410 g/mol. The Morgan fingerprint density at radius 2 is 1.83 bits per heavy atom. The molecule has 3 rings (SSSR count). The molecule has 0 aliphatic carbocycles. The van der Waals surface area contributed by atoms with Gasteiger partial charge >= 0.3 is 0 Å². The molecule has 150 valence electrons. The standard InChI is InChI=1S/C22H22N2O4S/c1-14-5-11-20(29-14)18(26)9-6-15(25)7-12-21(27)24-17-8-10-19(28-2)22-16(17)4-3-13-23-22/h3-5,8,10-11,13H,6-7,9,12H2,1-2H3,(H,24,27). The number of rotatable bonds is 9. The number of pyridine rings is 1. The van der Waals surface area contributed by atoms with Gasteiger partial charge in [-0.1, -0.05) is 0 Å². The fourth-order valence-corrected chi connectivity index (χ4v) is 3.81. The van der Waals surface area contributed by atoms with Gasteiger partial charge in [-0.3, -0.25) is 19.4 Å². The second kappa shape index (κ2) is 9.43. The Bertz CT molecular complexity index is 1060. The second-order valence-corrected chi connectivity index (χ2v) is 7.92. The van der Waals surface area contributed by atoms with E-state index in [1.807, 2.05) is 19.1 Å². The molecule has 2 heterocycles. The summed E-state index contributed by atoms with van der Waals surface area (Å²) >= 11 is 1.43. The fraction of sp³-hybridized carbons (Fsp3) is 0.273. The number of thiophene rings is 1. The first-order valence-electron chi connectivity index (χ1n) is 9.31. The molecule has 0 fully saturated rings. The zero-order valence-electron chi connectivity index (χ0n) is 16.4. The fourth-order valence-electron chi connectivity index (χ4n) is 2.97. The Kier molecular flexibility index (Phi) is 6.72. The topological polar surface area (TPSA) is 85.4 Å². The van der Waals surface area contributed by atoms with Gasteiger partial charge in [-0.05, 0) is 43.3 Å². The molecule has 0 radical (unpaired) electrons. The van der Waals surface area contributed by atoms with Crippen molar-refractivity contribution in [3.8, 4) is 5.75 Å². The Morgan fingerprint density at radius 1 is 1.03 bits per heavy atom. The molecule has 1 amide bonds. The minimum absolute atomic E-state index is 0.0295. The van der Waals surface area contributed by atoms with Crippen LogP contribution in [0.3, 0.4) is 0 Å². The van der Waals surface area contributed by atoms with Gasteiger partial charge in [-0.25, -0.2) is 0 Å². The van der Waals surface area contributed by atoms with Crippen LogP contribution in [0.15, 0.2) is 42.6 Å². The van der Waals surface area contributed by atoms with Crippen LogP contribution in [0.4, 0.5) is 5.69 Å². The van der Waals surface area contributed by atoms with Gasteiger partial charge in [0.2, 0.25) is 5.91 Å². The molecule has 0 spiro atoms. The highest BCUT2D eigenvalue weighted by atomic mass is 32.1. The number of ketones is 2. The SMILES string of the molecule is COc1ccc(NC(=O)CCC(=O)CCC(=O)c2ccc(C)s2)c2cccnc12. The van der Waals surface area contributed by atoms with Crippen LogP contribution in [-0.2, 0) is 9.59 Å². The number of anilines is 1. The Hall–Kier alpha value is -3.06. The van der Waals surface area contributed by atoms with E-state index >= 15 is 0 Å². The molecule has 0 atom stereocenters. The van der Waals surface area contributed by atoms with Crippen LogP contribution in [0.2, 0.25) is 0 Å². The molecule has 0 saturated carbocycles. The number of benzene rings is 1. The van der Waals surface area contributed by atoms with Gasteiger partial charge in [0, 0.05) is 42.1 Å². The van der Waals surface area contributed by atoms with E-state index in [2.05, 4.69) is 10.3 Å². The van der Waals surface area contributed by atoms with Crippen molar-refractivity contribution in [2.75, 3.05) is 12.4 Å². The van der Waals surface area contributed by atoms with E-state index in [0.717, 1.165) is 10.3 Å². The average molecular weight is 410 g/mol. The number of hydrogen-bond acceptors (Lipinski definition) is 6. The molecular formula is C22H22N2O4S. The number of nitrogens with zero attached hydrogens (tertiary/aromatic N) is 1. The highest BCUT2D eigenvalue weighted by Gasteiger charge is 2.14. The number of aromatic nitrogens is 1. The lowest BCUT2D eigenvalue weighted by Crippen LogP contribution is -2.14. The van der Waals surface area contributed by atoms with Crippen molar-refractivity contribution in [2.45, 2.75) is 32.6 Å². The van der Waals surface area contributed by atoms with E-state index in [0.29, 0.717) is 21.8 Å². The number of carbonyl (C=O) groups is 3. The van der Waals surface area contributed by atoms with E-state index < -0.39 is 0 Å². The van der Waals surface area contributed by atoms with Crippen molar-refractivity contribution < 1.29 is 19.1 Å². The molecule has 0 saturated heterocycles. The number of aryl methyl sites for hydroxylation is 1. The number of ether oxygens (including phenoxy) is 1. The first kappa shape index (κ1) is 20.7. The summed E-state index contributed by atoms with van der Waals surface area (Å²) in [6.07, 6.45) is 2.16. The van der Waals surface area contributed by atoms with Crippen molar-refractivity contribution in [1.29, 1.82) is 0 Å². The predicted octanol–water partition coefficient (Wildman–Crippen LogP) is 4.56. The predicted molar refractivity (Wildman–Crippen MR) is 114 cm³/mol. The summed E-state index contributed by atoms with van der Waals surface area (Å²) in [7, 11) is 1.57. The number of nitrogens with one attached hydrogen (secondary N) is 1. The highest BCUT2D eigenvalue weighted by Crippen LogP contribution is 2.29. The summed E-state index contributed by atoms with van der Waals surface area (Å²) in [5.41, 5.74) is 1.28. The summed E-state index contributed by atoms with van der Waals surface area (Å²) in [4.78, 5) is 42.5. The van der Waals surface area contributed by atoms with Crippen molar-refractivity contribution in [3.63, 3.8) is 0 Å². The summed E-state index contributed by atoms with van der Waals surface area (Å²) in [5.74, 6) is 0.245. The largest absolute Gasteiger partial charge is 0.494 e. The molecule has 3 aromatic rings. The molecule has 29 heavy (non-hydrogen) atoms. The average Bonchev–Trinajstić information content (AvgIpc) is 3.17. The Balaban J connectivity index is 1.52. The van der Waals surface area contributed by atoms with Gasteiger partial charge in [0.15, 0.2) is 5.78 Å². The molecule has 0 aliphatic rings. The van der Waals surface area contributed by atoms with Gasteiger partial charge in [0.1, 0.15) is 17.0 Å². The van der Waals surface area contributed by atoms with Crippen molar-refractivity contribution in [2.24, 2.45) is 0 Å². The molecule has 0 bridgehead atoms. The Labute approximate surface area is 172 Å². The zero-order chi connectivity index (χ0) is 20.8. The highest BCUT2D eigenvalue weighted by molar-refractivity contribution is 7.14. The van der Waals surface area contributed by atoms with Gasteiger partial charge < -0.3 is 10.1 Å². The van der Waals surface area contributed by atoms with Crippen LogP contribution in [-0.4, -0.2) is 29.6 Å². The molecule has 1 N–H and O–H groups in total. The van der Waals surface area contributed by atoms with Gasteiger partial charge in [0.25, 0.3) is 0 Å². The van der Waals surface area contributed by atoms with Crippen LogP contribution in [0.25, 0.3) is 10.9 Å². The zero-order valence-corrected chi connectivity index (χ0v) is 17.2. The number of methoxy groups -OCH3 is 1. The van der Waals surface area contributed by atoms with E-state index in [9.17, 15) is 14.4 Å². The maximum absolute atomic E-state index is 12.3. The van der Waals surface area contributed by atoms with E-state index in [1.54, 1.807) is 37.6 Å². The molecule has 1 aromatic carbocycles. The molecule has 6 nitrogen and oxygen atoms in total. The van der Waals surface area contributed by atoms with Gasteiger partial charge in [-0.15, -0.1) is 11.3 Å². The molecule has 0 unspecified atom stereocenters. The summed E-state index contributed by atoms with van der Waals surface area (Å²) in [5, 5.41) is 3.60. The summed E-state index contributed by atoms with van der Waals surface area (Å²) in [6.45, 7) is 1.94. The van der Waals surface area contributed by atoms with Crippen LogP contribution < -0.4 is 10.1 Å². The van der Waals surface area contributed by atoms with E-state index in [-0.39, 0.29) is 43.2 Å². The number of fused-ring (bicyclic) bond motifs is 1. The maximum atomic E-state index is 12.3. The number of hydrogen-bond donors (Lipinski definition) is 1. The third-order valence-corrected chi connectivity index (χ3v) is 5.55. The molecular weight excluding hydrogens is 388 g/mol. The van der Waals surface area contributed by atoms with Crippen molar-refractivity contribution in [1.82, 2.24) is 4.98 Å². The Morgan fingerprint density at radius 3 is 2.55 bits per heavy atom. The lowest BCUT2D eigenvalue weighted by atomic mass is 10.1. The van der Waals surface area contributed by atoms with Crippen molar-refractivity contribution >= 4 is 45.4 Å². The molecule has 0 aliphatic heterocycles. The summed E-state index contributed by atoms with van der Waals surface area (Å²) in [6, 6.07) is 10.8.